The van der Waals surface area contributed by atoms with Crippen molar-refractivity contribution in [3.63, 3.8) is 0 Å². The van der Waals surface area contributed by atoms with Crippen LogP contribution in [-0.2, 0) is 13.0 Å². The summed E-state index contributed by atoms with van der Waals surface area (Å²) in [5.41, 5.74) is 4.38. The van der Waals surface area contributed by atoms with E-state index in [4.69, 9.17) is 4.74 Å². The SMILES string of the molecule is CCc1ccccc1C(O)c1ccc(N2CCC(Oc3ncccc3F)C2)c(CO)c1. The topological polar surface area (TPSA) is 65.8 Å². The largest absolute Gasteiger partial charge is 0.470 e. The van der Waals surface area contributed by atoms with Gasteiger partial charge in [0, 0.05) is 30.4 Å². The van der Waals surface area contributed by atoms with Gasteiger partial charge in [-0.3, -0.25) is 0 Å². The number of aromatic nitrogens is 1. The number of aryl methyl sites for hydroxylation is 1. The maximum absolute atomic E-state index is 13.8. The molecule has 2 heterocycles. The number of aliphatic hydroxyl groups is 2. The van der Waals surface area contributed by atoms with Gasteiger partial charge in [0.25, 0.3) is 5.88 Å². The summed E-state index contributed by atoms with van der Waals surface area (Å²) in [5.74, 6) is -0.451. The quantitative estimate of drug-likeness (QED) is 0.602. The van der Waals surface area contributed by atoms with Crippen molar-refractivity contribution in [2.24, 2.45) is 0 Å². The molecule has 2 aromatic carbocycles. The van der Waals surface area contributed by atoms with Gasteiger partial charge in [0.05, 0.1) is 13.2 Å². The molecule has 5 nitrogen and oxygen atoms in total. The number of aliphatic hydroxyl groups excluding tert-OH is 2. The van der Waals surface area contributed by atoms with Crippen molar-refractivity contribution in [3.8, 4) is 5.88 Å². The van der Waals surface area contributed by atoms with Crippen LogP contribution in [0.4, 0.5) is 10.1 Å². The first-order valence-electron chi connectivity index (χ1n) is 10.6. The van der Waals surface area contributed by atoms with Crippen LogP contribution in [0.15, 0.2) is 60.8 Å². The summed E-state index contributed by atoms with van der Waals surface area (Å²) in [6.07, 6.45) is 2.14. The van der Waals surface area contributed by atoms with Crippen molar-refractivity contribution in [2.45, 2.75) is 38.6 Å². The number of halogens is 1. The Bertz CT molecular complexity index is 1040. The van der Waals surface area contributed by atoms with Crippen molar-refractivity contribution >= 4 is 5.69 Å². The average Bonchev–Trinajstić information content (AvgIpc) is 3.28. The smallest absolute Gasteiger partial charge is 0.250 e. The standard InChI is InChI=1S/C25H27FN2O3/c1-2-17-6-3-4-7-21(17)24(30)18-9-10-23(19(14-18)16-29)28-13-11-20(15-28)31-25-22(26)8-5-12-27-25/h3-10,12,14,20,24,29-30H,2,11,13,15-16H2,1H3. The first-order valence-corrected chi connectivity index (χ1v) is 10.6. The molecule has 4 rings (SSSR count). The van der Waals surface area contributed by atoms with Gasteiger partial charge in [0.2, 0.25) is 0 Å². The molecule has 2 N–H and O–H groups in total. The van der Waals surface area contributed by atoms with Crippen LogP contribution in [0.2, 0.25) is 0 Å². The molecule has 0 saturated carbocycles. The van der Waals surface area contributed by atoms with Gasteiger partial charge in [-0.25, -0.2) is 9.37 Å². The Kier molecular flexibility index (Phi) is 6.49. The third-order valence-corrected chi connectivity index (χ3v) is 5.81. The van der Waals surface area contributed by atoms with E-state index in [-0.39, 0.29) is 18.6 Å². The van der Waals surface area contributed by atoms with E-state index in [0.717, 1.165) is 47.3 Å². The fourth-order valence-corrected chi connectivity index (χ4v) is 4.17. The molecule has 1 aliphatic heterocycles. The normalized spacial score (nSPS) is 17.0. The van der Waals surface area contributed by atoms with E-state index < -0.39 is 11.9 Å². The molecule has 31 heavy (non-hydrogen) atoms. The van der Waals surface area contributed by atoms with Gasteiger partial charge in [-0.1, -0.05) is 37.3 Å². The van der Waals surface area contributed by atoms with Crippen molar-refractivity contribution in [1.82, 2.24) is 4.98 Å². The third kappa shape index (κ3) is 4.55. The summed E-state index contributed by atoms with van der Waals surface area (Å²) in [6.45, 7) is 3.23. The molecule has 2 unspecified atom stereocenters. The minimum atomic E-state index is -0.753. The molecule has 0 aliphatic carbocycles. The Morgan fingerprint density at radius 2 is 2.00 bits per heavy atom. The number of hydrogen-bond acceptors (Lipinski definition) is 5. The molecule has 162 valence electrons. The molecule has 1 aromatic heterocycles. The van der Waals surface area contributed by atoms with Crippen LogP contribution >= 0.6 is 0 Å². The number of nitrogens with zero attached hydrogens (tertiary/aromatic N) is 2. The molecule has 6 heteroatoms. The van der Waals surface area contributed by atoms with E-state index in [0.29, 0.717) is 6.54 Å². The lowest BCUT2D eigenvalue weighted by Gasteiger charge is -2.23. The van der Waals surface area contributed by atoms with E-state index >= 15 is 0 Å². The van der Waals surface area contributed by atoms with Crippen LogP contribution in [0.3, 0.4) is 0 Å². The van der Waals surface area contributed by atoms with E-state index in [1.807, 2.05) is 42.5 Å². The Labute approximate surface area is 181 Å². The van der Waals surface area contributed by atoms with Gasteiger partial charge < -0.3 is 19.8 Å². The molecule has 2 atom stereocenters. The minimum absolute atomic E-state index is 0.0183. The number of anilines is 1. The lowest BCUT2D eigenvalue weighted by atomic mass is 9.94. The Morgan fingerprint density at radius 3 is 2.77 bits per heavy atom. The summed E-state index contributed by atoms with van der Waals surface area (Å²) in [4.78, 5) is 6.08. The summed E-state index contributed by atoms with van der Waals surface area (Å²) < 4.78 is 19.6. The van der Waals surface area contributed by atoms with Crippen molar-refractivity contribution in [2.75, 3.05) is 18.0 Å². The summed E-state index contributed by atoms with van der Waals surface area (Å²) in [5, 5.41) is 20.9. The third-order valence-electron chi connectivity index (χ3n) is 5.81. The van der Waals surface area contributed by atoms with Gasteiger partial charge in [0.1, 0.15) is 12.2 Å². The van der Waals surface area contributed by atoms with Gasteiger partial charge in [-0.2, -0.15) is 0 Å². The number of ether oxygens (including phenoxy) is 1. The zero-order valence-corrected chi connectivity index (χ0v) is 17.5. The molecular formula is C25H27FN2O3. The Morgan fingerprint density at radius 1 is 1.16 bits per heavy atom. The van der Waals surface area contributed by atoms with Gasteiger partial charge in [-0.05, 0) is 47.4 Å². The summed E-state index contributed by atoms with van der Waals surface area (Å²) >= 11 is 0. The summed E-state index contributed by atoms with van der Waals surface area (Å²) in [6, 6.07) is 16.4. The minimum Gasteiger partial charge on any atom is -0.470 e. The van der Waals surface area contributed by atoms with E-state index in [2.05, 4.69) is 16.8 Å². The zero-order chi connectivity index (χ0) is 21.8. The molecule has 0 spiro atoms. The fraction of sp³-hybridized carbons (Fsp3) is 0.320. The van der Waals surface area contributed by atoms with Gasteiger partial charge in [0.15, 0.2) is 5.82 Å². The molecule has 1 saturated heterocycles. The Hall–Kier alpha value is -2.96. The highest BCUT2D eigenvalue weighted by atomic mass is 19.1. The number of hydrogen-bond donors (Lipinski definition) is 2. The highest BCUT2D eigenvalue weighted by Gasteiger charge is 2.27. The molecular weight excluding hydrogens is 395 g/mol. The zero-order valence-electron chi connectivity index (χ0n) is 17.5. The first-order chi connectivity index (χ1) is 15.1. The van der Waals surface area contributed by atoms with E-state index in [1.54, 1.807) is 0 Å². The number of benzene rings is 2. The first kappa shape index (κ1) is 21.3. The lowest BCUT2D eigenvalue weighted by molar-refractivity contribution is 0.205. The van der Waals surface area contributed by atoms with Crippen LogP contribution in [0.1, 0.15) is 41.7 Å². The van der Waals surface area contributed by atoms with Crippen LogP contribution in [0.25, 0.3) is 0 Å². The maximum atomic E-state index is 13.8. The molecule has 1 fully saturated rings. The Balaban J connectivity index is 1.52. The number of pyridine rings is 1. The second-order valence-electron chi connectivity index (χ2n) is 7.77. The molecule has 1 aliphatic rings. The molecule has 0 amide bonds. The second kappa shape index (κ2) is 9.45. The molecule has 0 radical (unpaired) electrons. The van der Waals surface area contributed by atoms with Crippen molar-refractivity contribution in [1.29, 1.82) is 0 Å². The van der Waals surface area contributed by atoms with Crippen molar-refractivity contribution < 1.29 is 19.3 Å². The molecule has 3 aromatic rings. The summed E-state index contributed by atoms with van der Waals surface area (Å²) in [7, 11) is 0. The maximum Gasteiger partial charge on any atom is 0.250 e. The highest BCUT2D eigenvalue weighted by Crippen LogP contribution is 2.32. The van der Waals surface area contributed by atoms with Gasteiger partial charge in [-0.15, -0.1) is 0 Å². The molecule has 0 bridgehead atoms. The monoisotopic (exact) mass is 422 g/mol. The van der Waals surface area contributed by atoms with Crippen LogP contribution in [0.5, 0.6) is 5.88 Å². The van der Waals surface area contributed by atoms with Crippen LogP contribution < -0.4 is 9.64 Å². The van der Waals surface area contributed by atoms with Crippen LogP contribution in [-0.4, -0.2) is 34.4 Å². The average molecular weight is 423 g/mol. The highest BCUT2D eigenvalue weighted by molar-refractivity contribution is 5.57. The van der Waals surface area contributed by atoms with Gasteiger partial charge >= 0.3 is 0 Å². The predicted molar refractivity (Wildman–Crippen MR) is 118 cm³/mol. The fourth-order valence-electron chi connectivity index (χ4n) is 4.17. The van der Waals surface area contributed by atoms with E-state index in [1.165, 1.54) is 18.3 Å². The second-order valence-corrected chi connectivity index (χ2v) is 7.77. The lowest BCUT2D eigenvalue weighted by Crippen LogP contribution is -2.26. The van der Waals surface area contributed by atoms with E-state index in [9.17, 15) is 14.6 Å². The van der Waals surface area contributed by atoms with Crippen molar-refractivity contribution in [3.05, 3.63) is 88.9 Å². The predicted octanol–water partition coefficient (Wildman–Crippen LogP) is 4.01. The van der Waals surface area contributed by atoms with Crippen LogP contribution in [0, 0.1) is 5.82 Å². The number of rotatable bonds is 7.